The molecule has 0 heterocycles. The second-order valence-corrected chi connectivity index (χ2v) is 1.87. The number of hydrogen-bond acceptors (Lipinski definition) is 5. The molecule has 13 heteroatoms. The molecule has 0 bridgehead atoms. The number of alkyl halides is 2. The van der Waals surface area contributed by atoms with E-state index in [1.807, 2.05) is 0 Å². The highest BCUT2D eigenvalue weighted by Crippen LogP contribution is 1.72. The summed E-state index contributed by atoms with van der Waals surface area (Å²) in [5.41, 5.74) is 22.3. The van der Waals surface area contributed by atoms with Crippen LogP contribution in [0.25, 0.3) is 31.3 Å². The van der Waals surface area contributed by atoms with Gasteiger partial charge in [0.2, 0.25) is 0 Å². The monoisotopic (exact) mass is 301 g/mol. The normalized spacial score (nSPS) is 5.83. The van der Waals surface area contributed by atoms with E-state index >= 15 is 0 Å². The van der Waals surface area contributed by atoms with E-state index in [0.29, 0.717) is 6.54 Å². The molecule has 0 atom stereocenters. The van der Waals surface area contributed by atoms with Gasteiger partial charge in [-0.1, -0.05) is 33.9 Å². The summed E-state index contributed by atoms with van der Waals surface area (Å²) >= 11 is 9.44. The van der Waals surface area contributed by atoms with Crippen LogP contribution in [0.4, 0.5) is 0 Å². The largest absolute Gasteiger partial charge is 0.390 e. The third-order valence-electron chi connectivity index (χ3n) is 0.448. The van der Waals surface area contributed by atoms with Gasteiger partial charge in [-0.25, -0.2) is 0 Å². The van der Waals surface area contributed by atoms with Gasteiger partial charge in [0, 0.05) is 21.3 Å². The van der Waals surface area contributed by atoms with Gasteiger partial charge in [-0.3, -0.25) is 0 Å². The number of rotatable bonds is 3. The second kappa shape index (κ2) is 45.2. The molecule has 0 amide bonds. The molecular weight excluding hydrogens is 289 g/mol. The van der Waals surface area contributed by atoms with Crippen molar-refractivity contribution in [2.75, 3.05) is 25.3 Å². The van der Waals surface area contributed by atoms with Crippen molar-refractivity contribution in [1.82, 2.24) is 0 Å². The van der Waals surface area contributed by atoms with E-state index in [4.69, 9.17) is 38.4 Å². The number of aliphatic hydroxyl groups is 2. The molecule has 0 spiro atoms. The van der Waals surface area contributed by atoms with Crippen LogP contribution >= 0.6 is 23.2 Å². The Labute approximate surface area is 113 Å². The molecule has 0 aromatic carbocycles. The van der Waals surface area contributed by atoms with Crippen LogP contribution in [0.1, 0.15) is 6.92 Å². The van der Waals surface area contributed by atoms with Gasteiger partial charge in [-0.15, -0.1) is 11.6 Å². The van der Waals surface area contributed by atoms with Crippen molar-refractivity contribution in [3.05, 3.63) is 31.3 Å². The first-order chi connectivity index (χ1) is 8.66. The molecule has 11 nitrogen and oxygen atoms in total. The van der Waals surface area contributed by atoms with Crippen LogP contribution < -0.4 is 0 Å². The SMILES string of the molecule is CCN=[N+]=[N-].OCCl.[N-]=[N+]=NCCl.[N-]=[N+]=NCO. The van der Waals surface area contributed by atoms with Gasteiger partial charge in [0.05, 0.1) is 0 Å². The molecule has 0 aliphatic rings. The molecule has 0 aromatic heterocycles. The first kappa shape index (κ1) is 25.3. The van der Waals surface area contributed by atoms with E-state index in [-0.39, 0.29) is 12.1 Å². The third kappa shape index (κ3) is 133. The minimum Gasteiger partial charge on any atom is -0.390 e. The van der Waals surface area contributed by atoms with Crippen molar-refractivity contribution in [2.45, 2.75) is 6.92 Å². The minimum atomic E-state index is -0.448. The van der Waals surface area contributed by atoms with Crippen molar-refractivity contribution >= 4 is 23.2 Å². The van der Waals surface area contributed by atoms with Crippen molar-refractivity contribution in [2.24, 2.45) is 15.3 Å². The number of nitrogens with zero attached hydrogens (tertiary/aromatic N) is 9. The molecule has 104 valence electrons. The van der Waals surface area contributed by atoms with Crippen LogP contribution in [0.5, 0.6) is 0 Å². The van der Waals surface area contributed by atoms with E-state index in [2.05, 4.69) is 41.7 Å². The Balaban J connectivity index is -0.0000000739. The maximum atomic E-state index is 7.65. The summed E-state index contributed by atoms with van der Waals surface area (Å²) in [4.78, 5) is 7.06. The number of aliphatic hydroxyl groups excluding tert-OH is 2. The Morgan fingerprint density at radius 2 is 1.33 bits per heavy atom. The van der Waals surface area contributed by atoms with Gasteiger partial charge in [0.15, 0.2) is 0 Å². The molecule has 0 rings (SSSR count). The fraction of sp³-hybridized carbons (Fsp3) is 1.00. The van der Waals surface area contributed by atoms with Crippen molar-refractivity contribution in [3.63, 3.8) is 0 Å². The third-order valence-corrected chi connectivity index (χ3v) is 0.555. The fourth-order valence-electron chi connectivity index (χ4n) is 0.115. The maximum absolute atomic E-state index is 7.65. The van der Waals surface area contributed by atoms with Gasteiger partial charge in [0.25, 0.3) is 0 Å². The summed E-state index contributed by atoms with van der Waals surface area (Å²) in [6, 6.07) is -0.253. The van der Waals surface area contributed by atoms with Gasteiger partial charge >= 0.3 is 0 Å². The lowest BCUT2D eigenvalue weighted by Gasteiger charge is -1.59. The molecule has 0 saturated heterocycles. The fourth-order valence-corrected chi connectivity index (χ4v) is 0.163. The minimum absolute atomic E-state index is 0.0243. The number of azide groups is 3. The Morgan fingerprint density at radius 3 is 1.33 bits per heavy atom. The topological polar surface area (TPSA) is 187 Å². The van der Waals surface area contributed by atoms with E-state index in [1.54, 1.807) is 6.92 Å². The van der Waals surface area contributed by atoms with Crippen molar-refractivity contribution in [1.29, 1.82) is 0 Å². The lowest BCUT2D eigenvalue weighted by atomic mass is 10.8. The van der Waals surface area contributed by atoms with Crippen LogP contribution in [0.15, 0.2) is 15.3 Å². The average Bonchev–Trinajstić information content (AvgIpc) is 2.35. The summed E-state index contributed by atoms with van der Waals surface area (Å²) in [7, 11) is 0. The number of hydrogen-bond donors (Lipinski definition) is 2. The molecule has 2 N–H and O–H groups in total. The van der Waals surface area contributed by atoms with Crippen molar-refractivity contribution in [3.8, 4) is 0 Å². The van der Waals surface area contributed by atoms with Crippen molar-refractivity contribution < 1.29 is 10.2 Å². The predicted molar refractivity (Wildman–Crippen MR) is 68.7 cm³/mol. The summed E-state index contributed by atoms with van der Waals surface area (Å²) < 4.78 is 0. The Hall–Kier alpha value is -1.57. The first-order valence-corrected chi connectivity index (χ1v) is 5.09. The number of halogens is 2. The molecule has 0 fully saturated rings. The predicted octanol–water partition coefficient (Wildman–Crippen LogP) is 3.23. The second-order valence-electron chi connectivity index (χ2n) is 1.39. The highest BCUT2D eigenvalue weighted by Gasteiger charge is 1.54. The van der Waals surface area contributed by atoms with Crippen LogP contribution in [0.2, 0.25) is 0 Å². The van der Waals surface area contributed by atoms with Crippen LogP contribution in [-0.2, 0) is 0 Å². The van der Waals surface area contributed by atoms with Crippen LogP contribution in [-0.4, -0.2) is 35.6 Å². The molecule has 0 saturated carbocycles. The zero-order valence-electron chi connectivity index (χ0n) is 9.50. The smallest absolute Gasteiger partial charge is 0.122 e. The summed E-state index contributed by atoms with van der Waals surface area (Å²) in [5, 5.41) is 23.8. The Bertz CT molecular complexity index is 227. The summed E-state index contributed by atoms with van der Waals surface area (Å²) in [6.07, 6.45) is 0. The molecule has 0 radical (unpaired) electrons. The van der Waals surface area contributed by atoms with E-state index in [9.17, 15) is 0 Å². The van der Waals surface area contributed by atoms with Crippen LogP contribution in [0, 0.1) is 0 Å². The zero-order valence-corrected chi connectivity index (χ0v) is 11.0. The Morgan fingerprint density at radius 1 is 0.944 bits per heavy atom. The van der Waals surface area contributed by atoms with E-state index in [0.717, 1.165) is 0 Å². The molecule has 18 heavy (non-hydrogen) atoms. The molecular formula is C5H13Cl2N9O2. The Kier molecular flexibility index (Phi) is 63.6. The highest BCUT2D eigenvalue weighted by atomic mass is 35.5. The molecule has 0 aliphatic carbocycles. The van der Waals surface area contributed by atoms with Crippen LogP contribution in [0.3, 0.4) is 0 Å². The van der Waals surface area contributed by atoms with Gasteiger partial charge in [0.1, 0.15) is 18.8 Å². The lowest BCUT2D eigenvalue weighted by Crippen LogP contribution is -1.62. The van der Waals surface area contributed by atoms with Gasteiger partial charge in [-0.2, -0.15) is 0 Å². The maximum Gasteiger partial charge on any atom is 0.122 e. The highest BCUT2D eigenvalue weighted by molar-refractivity contribution is 6.17. The van der Waals surface area contributed by atoms with E-state index in [1.165, 1.54) is 0 Å². The lowest BCUT2D eigenvalue weighted by molar-refractivity contribution is 0.307. The standard InChI is InChI=1S/C2H5N3.CH2ClN3.CH3ClO.CH3N3O/c1-2-4-5-3;2-1-4-5-3;2-1-3;2-4-3-1-5/h2H2,1H3;1H2;3H,1H2;5H,1H2. The summed E-state index contributed by atoms with van der Waals surface area (Å²) in [5.74, 6) is 0. The quantitative estimate of drug-likeness (QED) is 0.266. The summed E-state index contributed by atoms with van der Waals surface area (Å²) in [6.45, 7) is 1.90. The zero-order chi connectivity index (χ0) is 15.1. The van der Waals surface area contributed by atoms with Gasteiger partial charge in [-0.05, 0) is 16.6 Å². The average molecular weight is 302 g/mol. The van der Waals surface area contributed by atoms with Gasteiger partial charge < -0.3 is 10.2 Å². The van der Waals surface area contributed by atoms with E-state index < -0.39 is 6.73 Å². The molecule has 0 aromatic rings. The molecule has 0 unspecified atom stereocenters. The first-order valence-electron chi connectivity index (χ1n) is 4.02. The molecule has 0 aliphatic heterocycles.